The van der Waals surface area contributed by atoms with Gasteiger partial charge in [0, 0.05) is 32.2 Å². The summed E-state index contributed by atoms with van der Waals surface area (Å²) in [6, 6.07) is 1.12. The molecule has 4 heteroatoms. The van der Waals surface area contributed by atoms with E-state index in [0.29, 0.717) is 11.0 Å². The van der Waals surface area contributed by atoms with Crippen LogP contribution in [0.2, 0.25) is 0 Å². The maximum Gasteiger partial charge on any atom is 0.0901 e. The molecule has 2 rings (SSSR count). The number of thiocarbonyl (C=S) groups is 1. The minimum atomic E-state index is 0.303. The van der Waals surface area contributed by atoms with Crippen LogP contribution in [0.1, 0.15) is 46.5 Å². The Morgan fingerprint density at radius 1 is 1.15 bits per heavy atom. The monoisotopic (exact) mass is 297 g/mol. The Morgan fingerprint density at radius 2 is 1.80 bits per heavy atom. The lowest BCUT2D eigenvalue weighted by Gasteiger charge is -2.45. The van der Waals surface area contributed by atoms with Crippen molar-refractivity contribution in [3.8, 4) is 0 Å². The highest BCUT2D eigenvalue weighted by Gasteiger charge is 2.32. The van der Waals surface area contributed by atoms with Crippen LogP contribution in [0.4, 0.5) is 0 Å². The van der Waals surface area contributed by atoms with Gasteiger partial charge in [0.1, 0.15) is 0 Å². The van der Waals surface area contributed by atoms with E-state index in [2.05, 4.69) is 30.6 Å². The standard InChI is InChI=1S/C16H31N3S/c1-4-15(16(17)20)19-9-7-18(8-10-19)14-6-5-12(2)13(3)11-14/h12-15H,4-11H2,1-3H3,(H2,17,20). The van der Waals surface area contributed by atoms with Crippen molar-refractivity contribution in [3.05, 3.63) is 0 Å². The van der Waals surface area contributed by atoms with Crippen LogP contribution in [-0.4, -0.2) is 53.1 Å². The molecule has 1 aliphatic heterocycles. The van der Waals surface area contributed by atoms with Gasteiger partial charge in [0.25, 0.3) is 0 Å². The van der Waals surface area contributed by atoms with Gasteiger partial charge in [-0.1, -0.05) is 33.0 Å². The van der Waals surface area contributed by atoms with E-state index in [1.807, 2.05) is 0 Å². The van der Waals surface area contributed by atoms with E-state index < -0.39 is 0 Å². The molecule has 3 nitrogen and oxygen atoms in total. The maximum atomic E-state index is 5.87. The summed E-state index contributed by atoms with van der Waals surface area (Å²) < 4.78 is 0. The van der Waals surface area contributed by atoms with Crippen LogP contribution in [0.25, 0.3) is 0 Å². The molecule has 116 valence electrons. The first kappa shape index (κ1) is 16.2. The van der Waals surface area contributed by atoms with Crippen molar-refractivity contribution in [2.75, 3.05) is 26.2 Å². The highest BCUT2D eigenvalue weighted by atomic mass is 32.1. The lowest BCUT2D eigenvalue weighted by Crippen LogP contribution is -2.56. The summed E-state index contributed by atoms with van der Waals surface area (Å²) in [7, 11) is 0. The zero-order valence-electron chi connectivity index (χ0n) is 13.3. The summed E-state index contributed by atoms with van der Waals surface area (Å²) in [6.45, 7) is 11.6. The Labute approximate surface area is 129 Å². The number of nitrogens with zero attached hydrogens (tertiary/aromatic N) is 2. The summed E-state index contributed by atoms with van der Waals surface area (Å²) in [4.78, 5) is 5.86. The Hall–Kier alpha value is -0.190. The molecule has 0 spiro atoms. The molecule has 0 amide bonds. The molecule has 0 bridgehead atoms. The number of hydrogen-bond donors (Lipinski definition) is 1. The smallest absolute Gasteiger partial charge is 0.0901 e. The van der Waals surface area contributed by atoms with Crippen molar-refractivity contribution in [3.63, 3.8) is 0 Å². The zero-order chi connectivity index (χ0) is 14.7. The first-order valence-corrected chi connectivity index (χ1v) is 8.71. The van der Waals surface area contributed by atoms with Crippen LogP contribution in [0.3, 0.4) is 0 Å². The molecule has 0 aromatic rings. The van der Waals surface area contributed by atoms with E-state index in [1.165, 1.54) is 32.4 Å². The summed E-state index contributed by atoms with van der Waals surface area (Å²) >= 11 is 5.20. The molecular weight excluding hydrogens is 266 g/mol. The van der Waals surface area contributed by atoms with Crippen LogP contribution < -0.4 is 5.73 Å². The predicted molar refractivity (Wildman–Crippen MR) is 90.0 cm³/mol. The minimum Gasteiger partial charge on any atom is -0.392 e. The van der Waals surface area contributed by atoms with Gasteiger partial charge >= 0.3 is 0 Å². The van der Waals surface area contributed by atoms with Gasteiger partial charge in [-0.3, -0.25) is 9.80 Å². The Morgan fingerprint density at radius 3 is 2.30 bits per heavy atom. The fraction of sp³-hybridized carbons (Fsp3) is 0.938. The molecule has 4 atom stereocenters. The van der Waals surface area contributed by atoms with E-state index in [9.17, 15) is 0 Å². The Kier molecular flexibility index (Phi) is 5.82. The van der Waals surface area contributed by atoms with Gasteiger partial charge in [-0.2, -0.15) is 0 Å². The van der Waals surface area contributed by atoms with Crippen LogP contribution in [-0.2, 0) is 0 Å². The quantitative estimate of drug-likeness (QED) is 0.808. The molecule has 0 aromatic heterocycles. The molecule has 2 aliphatic rings. The van der Waals surface area contributed by atoms with Gasteiger partial charge in [0.2, 0.25) is 0 Å². The molecule has 1 saturated carbocycles. The van der Waals surface area contributed by atoms with Crippen molar-refractivity contribution in [2.24, 2.45) is 17.6 Å². The van der Waals surface area contributed by atoms with E-state index in [4.69, 9.17) is 18.0 Å². The minimum absolute atomic E-state index is 0.303. The third-order valence-corrected chi connectivity index (χ3v) is 5.86. The van der Waals surface area contributed by atoms with Crippen molar-refractivity contribution in [1.29, 1.82) is 0 Å². The lowest BCUT2D eigenvalue weighted by atomic mass is 9.78. The van der Waals surface area contributed by atoms with Gasteiger partial charge in [-0.05, 0) is 37.5 Å². The average Bonchev–Trinajstić information content (AvgIpc) is 2.43. The zero-order valence-corrected chi connectivity index (χ0v) is 14.2. The number of piperazine rings is 1. The molecule has 20 heavy (non-hydrogen) atoms. The topological polar surface area (TPSA) is 32.5 Å². The maximum absolute atomic E-state index is 5.87. The second kappa shape index (κ2) is 7.19. The fourth-order valence-electron chi connectivity index (χ4n) is 3.90. The molecule has 0 aromatic carbocycles. The van der Waals surface area contributed by atoms with Gasteiger partial charge in [0.05, 0.1) is 11.0 Å². The molecular formula is C16H31N3S. The Balaban J connectivity index is 1.83. The van der Waals surface area contributed by atoms with Crippen LogP contribution in [0.15, 0.2) is 0 Å². The average molecular weight is 298 g/mol. The first-order valence-electron chi connectivity index (χ1n) is 8.30. The third kappa shape index (κ3) is 3.71. The molecule has 1 saturated heterocycles. The van der Waals surface area contributed by atoms with Crippen molar-refractivity contribution >= 4 is 17.2 Å². The fourth-order valence-corrected chi connectivity index (χ4v) is 4.22. The number of hydrogen-bond acceptors (Lipinski definition) is 3. The molecule has 4 unspecified atom stereocenters. The van der Waals surface area contributed by atoms with Crippen LogP contribution in [0.5, 0.6) is 0 Å². The van der Waals surface area contributed by atoms with E-state index in [-0.39, 0.29) is 0 Å². The third-order valence-electron chi connectivity index (χ3n) is 5.59. The number of nitrogens with two attached hydrogens (primary N) is 1. The van der Waals surface area contributed by atoms with Crippen molar-refractivity contribution in [2.45, 2.75) is 58.5 Å². The highest BCUT2D eigenvalue weighted by Crippen LogP contribution is 2.32. The van der Waals surface area contributed by atoms with Crippen LogP contribution >= 0.6 is 12.2 Å². The molecule has 0 radical (unpaired) electrons. The van der Waals surface area contributed by atoms with Gasteiger partial charge in [-0.15, -0.1) is 0 Å². The lowest BCUT2D eigenvalue weighted by molar-refractivity contribution is 0.0500. The normalized spacial score (nSPS) is 34.9. The first-order chi connectivity index (χ1) is 9.52. The molecule has 1 heterocycles. The molecule has 1 aliphatic carbocycles. The van der Waals surface area contributed by atoms with E-state index >= 15 is 0 Å². The second-order valence-electron chi connectivity index (χ2n) is 6.82. The van der Waals surface area contributed by atoms with Crippen molar-refractivity contribution < 1.29 is 0 Å². The summed E-state index contributed by atoms with van der Waals surface area (Å²) in [5, 5.41) is 0. The summed E-state index contributed by atoms with van der Waals surface area (Å²) in [5.74, 6) is 1.79. The predicted octanol–water partition coefficient (Wildman–Crippen LogP) is 2.49. The Bertz CT molecular complexity index is 326. The van der Waals surface area contributed by atoms with Crippen LogP contribution in [0, 0.1) is 11.8 Å². The summed E-state index contributed by atoms with van der Waals surface area (Å²) in [5.41, 5.74) is 5.87. The largest absolute Gasteiger partial charge is 0.392 e. The second-order valence-corrected chi connectivity index (χ2v) is 7.29. The highest BCUT2D eigenvalue weighted by molar-refractivity contribution is 7.80. The summed E-state index contributed by atoms with van der Waals surface area (Å²) in [6.07, 6.45) is 5.20. The van der Waals surface area contributed by atoms with Crippen molar-refractivity contribution in [1.82, 2.24) is 9.80 Å². The van der Waals surface area contributed by atoms with Gasteiger partial charge in [0.15, 0.2) is 0 Å². The van der Waals surface area contributed by atoms with E-state index in [1.54, 1.807) is 0 Å². The van der Waals surface area contributed by atoms with E-state index in [0.717, 1.165) is 37.4 Å². The molecule has 2 fully saturated rings. The number of rotatable bonds is 4. The molecule has 2 N–H and O–H groups in total. The van der Waals surface area contributed by atoms with Gasteiger partial charge < -0.3 is 5.73 Å². The SMILES string of the molecule is CCC(C(N)=S)N1CCN(C2CCC(C)C(C)C2)CC1. The van der Waals surface area contributed by atoms with Gasteiger partial charge in [-0.25, -0.2) is 0 Å².